The lowest BCUT2D eigenvalue weighted by molar-refractivity contribution is -0.142. The predicted molar refractivity (Wildman–Crippen MR) is 70.0 cm³/mol. The van der Waals surface area contributed by atoms with Gasteiger partial charge in [0.1, 0.15) is 0 Å². The molecule has 0 spiro atoms. The van der Waals surface area contributed by atoms with Crippen LogP contribution in [-0.2, 0) is 19.1 Å². The largest absolute Gasteiger partial charge is 0.463 e. The van der Waals surface area contributed by atoms with E-state index in [1.807, 2.05) is 20.8 Å². The molecule has 0 aromatic rings. The standard InChI is InChI=1S/C14H24O4/c1-7-17-12(15)10(3)11(9-14(4,5)6)13(16)18-8-2/h7-9H2,1-6H3. The Hall–Kier alpha value is -1.32. The molecular formula is C14H24O4. The predicted octanol–water partition coefficient (Wildman–Crippen LogP) is 2.87. The second-order valence-corrected chi connectivity index (χ2v) is 5.28. The third-order valence-corrected chi connectivity index (χ3v) is 2.26. The highest BCUT2D eigenvalue weighted by Crippen LogP contribution is 2.27. The smallest absolute Gasteiger partial charge is 0.334 e. The monoisotopic (exact) mass is 256 g/mol. The van der Waals surface area contributed by atoms with Crippen LogP contribution in [0, 0.1) is 5.41 Å². The summed E-state index contributed by atoms with van der Waals surface area (Å²) in [6, 6.07) is 0. The summed E-state index contributed by atoms with van der Waals surface area (Å²) in [6.45, 7) is 11.7. The third kappa shape index (κ3) is 5.84. The molecular weight excluding hydrogens is 232 g/mol. The summed E-state index contributed by atoms with van der Waals surface area (Å²) in [5.74, 6) is -0.886. The molecule has 18 heavy (non-hydrogen) atoms. The first-order valence-corrected chi connectivity index (χ1v) is 6.27. The van der Waals surface area contributed by atoms with Gasteiger partial charge < -0.3 is 9.47 Å². The topological polar surface area (TPSA) is 52.6 Å². The normalized spacial score (nSPS) is 12.8. The van der Waals surface area contributed by atoms with Crippen molar-refractivity contribution >= 4 is 11.9 Å². The molecule has 104 valence electrons. The molecule has 0 rings (SSSR count). The van der Waals surface area contributed by atoms with Crippen LogP contribution >= 0.6 is 0 Å². The van der Waals surface area contributed by atoms with Crippen molar-refractivity contribution in [2.24, 2.45) is 5.41 Å². The Morgan fingerprint density at radius 2 is 1.39 bits per heavy atom. The molecule has 0 aliphatic carbocycles. The lowest BCUT2D eigenvalue weighted by atomic mass is 9.86. The quantitative estimate of drug-likeness (QED) is 0.560. The van der Waals surface area contributed by atoms with E-state index >= 15 is 0 Å². The maximum absolute atomic E-state index is 11.9. The molecule has 4 heteroatoms. The minimum absolute atomic E-state index is 0.101. The van der Waals surface area contributed by atoms with Crippen LogP contribution in [0.15, 0.2) is 11.1 Å². The summed E-state index contributed by atoms with van der Waals surface area (Å²) in [5, 5.41) is 0. The van der Waals surface area contributed by atoms with E-state index in [4.69, 9.17) is 9.47 Å². The van der Waals surface area contributed by atoms with Crippen molar-refractivity contribution in [3.63, 3.8) is 0 Å². The Bertz CT molecular complexity index is 334. The highest BCUT2D eigenvalue weighted by molar-refractivity contribution is 6.00. The van der Waals surface area contributed by atoms with Crippen LogP contribution < -0.4 is 0 Å². The van der Waals surface area contributed by atoms with Gasteiger partial charge in [0.2, 0.25) is 0 Å². The fourth-order valence-corrected chi connectivity index (χ4v) is 1.47. The lowest BCUT2D eigenvalue weighted by Crippen LogP contribution is -2.19. The Morgan fingerprint density at radius 3 is 1.78 bits per heavy atom. The van der Waals surface area contributed by atoms with E-state index in [2.05, 4.69) is 0 Å². The molecule has 0 radical (unpaired) electrons. The number of hydrogen-bond acceptors (Lipinski definition) is 4. The van der Waals surface area contributed by atoms with Crippen LogP contribution in [0.1, 0.15) is 48.0 Å². The molecule has 0 atom stereocenters. The molecule has 0 aromatic heterocycles. The fraction of sp³-hybridized carbons (Fsp3) is 0.714. The number of rotatable bonds is 5. The number of esters is 2. The highest BCUT2D eigenvalue weighted by Gasteiger charge is 2.24. The van der Waals surface area contributed by atoms with Crippen molar-refractivity contribution in [3.8, 4) is 0 Å². The average molecular weight is 256 g/mol. The zero-order chi connectivity index (χ0) is 14.3. The van der Waals surface area contributed by atoms with Crippen molar-refractivity contribution in [1.82, 2.24) is 0 Å². The minimum Gasteiger partial charge on any atom is -0.463 e. The van der Waals surface area contributed by atoms with Crippen molar-refractivity contribution in [2.45, 2.75) is 48.0 Å². The van der Waals surface area contributed by atoms with Crippen LogP contribution in [0.3, 0.4) is 0 Å². The molecule has 0 fully saturated rings. The number of hydrogen-bond donors (Lipinski definition) is 0. The van der Waals surface area contributed by atoms with E-state index in [9.17, 15) is 9.59 Å². The second-order valence-electron chi connectivity index (χ2n) is 5.28. The van der Waals surface area contributed by atoms with Gasteiger partial charge in [-0.05, 0) is 32.6 Å². The van der Waals surface area contributed by atoms with E-state index in [0.29, 0.717) is 30.8 Å². The molecule has 0 unspecified atom stereocenters. The fourth-order valence-electron chi connectivity index (χ4n) is 1.47. The molecule has 0 bridgehead atoms. The van der Waals surface area contributed by atoms with Crippen LogP contribution in [0.4, 0.5) is 0 Å². The zero-order valence-electron chi connectivity index (χ0n) is 12.3. The first-order chi connectivity index (χ1) is 8.22. The molecule has 0 aliphatic heterocycles. The summed E-state index contributed by atoms with van der Waals surface area (Å²) in [7, 11) is 0. The van der Waals surface area contributed by atoms with Crippen LogP contribution in [0.5, 0.6) is 0 Å². The van der Waals surface area contributed by atoms with Gasteiger partial charge in [0.05, 0.1) is 13.2 Å². The Balaban J connectivity index is 5.24. The van der Waals surface area contributed by atoms with E-state index in [-0.39, 0.29) is 5.41 Å². The molecule has 0 N–H and O–H groups in total. The maximum atomic E-state index is 11.9. The van der Waals surface area contributed by atoms with Crippen molar-refractivity contribution in [1.29, 1.82) is 0 Å². The van der Waals surface area contributed by atoms with Crippen molar-refractivity contribution in [3.05, 3.63) is 11.1 Å². The molecule has 0 saturated carbocycles. The van der Waals surface area contributed by atoms with Gasteiger partial charge in [-0.3, -0.25) is 0 Å². The van der Waals surface area contributed by atoms with Gasteiger partial charge in [-0.1, -0.05) is 20.8 Å². The molecule has 4 nitrogen and oxygen atoms in total. The second kappa shape index (κ2) is 7.19. The number of carbonyl (C=O) groups is 2. The SMILES string of the molecule is CCOC(=O)C(C)=C(CC(C)(C)C)C(=O)OCC. The van der Waals surface area contributed by atoms with E-state index < -0.39 is 11.9 Å². The van der Waals surface area contributed by atoms with Gasteiger partial charge in [0, 0.05) is 11.1 Å². The summed E-state index contributed by atoms with van der Waals surface area (Å²) in [6.07, 6.45) is 0.483. The van der Waals surface area contributed by atoms with Gasteiger partial charge in [0.15, 0.2) is 0 Å². The molecule has 0 saturated heterocycles. The summed E-state index contributed by atoms with van der Waals surface area (Å²) in [5.41, 5.74) is 0.642. The Morgan fingerprint density at radius 1 is 0.944 bits per heavy atom. The molecule has 0 heterocycles. The summed E-state index contributed by atoms with van der Waals surface area (Å²) < 4.78 is 9.92. The van der Waals surface area contributed by atoms with E-state index in [1.165, 1.54) is 0 Å². The third-order valence-electron chi connectivity index (χ3n) is 2.26. The molecule has 0 aliphatic rings. The molecule has 0 amide bonds. The first-order valence-electron chi connectivity index (χ1n) is 6.27. The van der Waals surface area contributed by atoms with Crippen LogP contribution in [0.2, 0.25) is 0 Å². The number of carbonyl (C=O) groups excluding carboxylic acids is 2. The Labute approximate surface area is 109 Å². The first kappa shape index (κ1) is 16.7. The minimum atomic E-state index is -0.454. The van der Waals surface area contributed by atoms with Gasteiger partial charge >= 0.3 is 11.9 Å². The summed E-state index contributed by atoms with van der Waals surface area (Å²) >= 11 is 0. The lowest BCUT2D eigenvalue weighted by Gasteiger charge is -2.20. The van der Waals surface area contributed by atoms with Crippen molar-refractivity contribution < 1.29 is 19.1 Å². The summed E-state index contributed by atoms with van der Waals surface area (Å²) in [4.78, 5) is 23.6. The van der Waals surface area contributed by atoms with Crippen molar-refractivity contribution in [2.75, 3.05) is 13.2 Å². The van der Waals surface area contributed by atoms with Crippen LogP contribution in [0.25, 0.3) is 0 Å². The van der Waals surface area contributed by atoms with Gasteiger partial charge in [-0.25, -0.2) is 9.59 Å². The zero-order valence-corrected chi connectivity index (χ0v) is 12.3. The van der Waals surface area contributed by atoms with E-state index in [1.54, 1.807) is 20.8 Å². The number of ether oxygens (including phenoxy) is 2. The van der Waals surface area contributed by atoms with Gasteiger partial charge in [-0.15, -0.1) is 0 Å². The van der Waals surface area contributed by atoms with E-state index in [0.717, 1.165) is 0 Å². The molecule has 0 aromatic carbocycles. The van der Waals surface area contributed by atoms with Crippen LogP contribution in [-0.4, -0.2) is 25.2 Å². The van der Waals surface area contributed by atoms with Gasteiger partial charge in [-0.2, -0.15) is 0 Å². The van der Waals surface area contributed by atoms with Gasteiger partial charge in [0.25, 0.3) is 0 Å². The maximum Gasteiger partial charge on any atom is 0.334 e. The average Bonchev–Trinajstić information content (AvgIpc) is 2.24. The highest BCUT2D eigenvalue weighted by atomic mass is 16.5. The Kier molecular flexibility index (Phi) is 6.66.